The Kier molecular flexibility index (Phi) is 3.94. The number of halogens is 1. The van der Waals surface area contributed by atoms with Gasteiger partial charge in [-0.2, -0.15) is 0 Å². The normalized spacial score (nSPS) is 10.9. The maximum atomic E-state index is 12.3. The Labute approximate surface area is 136 Å². The quantitative estimate of drug-likeness (QED) is 0.777. The van der Waals surface area contributed by atoms with Crippen LogP contribution in [0.3, 0.4) is 0 Å². The third-order valence-corrected chi connectivity index (χ3v) is 3.99. The molecule has 0 aliphatic carbocycles. The van der Waals surface area contributed by atoms with Gasteiger partial charge in [0.1, 0.15) is 11.5 Å². The predicted molar refractivity (Wildman–Crippen MR) is 89.2 cm³/mol. The summed E-state index contributed by atoms with van der Waals surface area (Å²) in [7, 11) is 0. The summed E-state index contributed by atoms with van der Waals surface area (Å²) in [5, 5.41) is 2.79. The lowest BCUT2D eigenvalue weighted by molar-refractivity contribution is 0.102. The average molecular weight is 359 g/mol. The van der Waals surface area contributed by atoms with Gasteiger partial charge in [-0.3, -0.25) is 4.79 Å². The Morgan fingerprint density at radius 3 is 2.82 bits per heavy atom. The van der Waals surface area contributed by atoms with E-state index >= 15 is 0 Å². The molecule has 3 aromatic rings. The first-order valence-electron chi connectivity index (χ1n) is 6.99. The first kappa shape index (κ1) is 14.7. The maximum absolute atomic E-state index is 12.3. The van der Waals surface area contributed by atoms with Crippen molar-refractivity contribution in [3.05, 3.63) is 58.1 Å². The van der Waals surface area contributed by atoms with Gasteiger partial charge >= 0.3 is 0 Å². The van der Waals surface area contributed by atoms with E-state index in [1.165, 1.54) is 0 Å². The van der Waals surface area contributed by atoms with Gasteiger partial charge in [0.25, 0.3) is 5.91 Å². The van der Waals surface area contributed by atoms with Crippen LogP contribution in [0.4, 0.5) is 5.82 Å². The Bertz CT molecular complexity index is 839. The van der Waals surface area contributed by atoms with E-state index in [1.54, 1.807) is 18.3 Å². The Hall–Kier alpha value is -2.21. The summed E-state index contributed by atoms with van der Waals surface area (Å²) in [6.07, 6.45) is 4.33. The molecule has 0 aliphatic rings. The number of anilines is 1. The van der Waals surface area contributed by atoms with Crippen LogP contribution in [-0.2, 0) is 6.42 Å². The van der Waals surface area contributed by atoms with Crippen LogP contribution in [0.5, 0.6) is 0 Å². The largest absolute Gasteiger partial charge is 0.307 e. The minimum Gasteiger partial charge on any atom is -0.307 e. The number of carbonyl (C=O) groups excluding carboxylic acids is 1. The van der Waals surface area contributed by atoms with Crippen LogP contribution >= 0.6 is 15.9 Å². The summed E-state index contributed by atoms with van der Waals surface area (Å²) in [5.74, 6) is 0.327. The van der Waals surface area contributed by atoms with E-state index in [1.807, 2.05) is 29.7 Å². The molecule has 1 amide bonds. The molecule has 6 heteroatoms. The molecule has 0 aliphatic heterocycles. The second-order valence-corrected chi connectivity index (χ2v) is 5.87. The molecule has 0 radical (unpaired) electrons. The summed E-state index contributed by atoms with van der Waals surface area (Å²) in [4.78, 5) is 21.0. The highest BCUT2D eigenvalue weighted by Crippen LogP contribution is 2.15. The predicted octanol–water partition coefficient (Wildman–Crippen LogP) is 3.61. The molecule has 3 aromatic heterocycles. The van der Waals surface area contributed by atoms with Crippen molar-refractivity contribution in [2.45, 2.75) is 20.3 Å². The van der Waals surface area contributed by atoms with Crippen molar-refractivity contribution in [3.63, 3.8) is 0 Å². The Morgan fingerprint density at radius 1 is 1.32 bits per heavy atom. The SMILES string of the molecule is CCc1nc2ccc(C(=O)Nc3ccc(Br)cn3)cn2c1C. The fourth-order valence-corrected chi connectivity index (χ4v) is 2.55. The van der Waals surface area contributed by atoms with Crippen LogP contribution in [0.1, 0.15) is 28.7 Å². The number of aromatic nitrogens is 3. The highest BCUT2D eigenvalue weighted by atomic mass is 79.9. The number of pyridine rings is 2. The van der Waals surface area contributed by atoms with Crippen LogP contribution < -0.4 is 5.32 Å². The van der Waals surface area contributed by atoms with Crippen LogP contribution in [0, 0.1) is 6.92 Å². The monoisotopic (exact) mass is 358 g/mol. The summed E-state index contributed by atoms with van der Waals surface area (Å²) < 4.78 is 2.82. The van der Waals surface area contributed by atoms with Crippen molar-refractivity contribution >= 4 is 33.3 Å². The van der Waals surface area contributed by atoms with Crippen molar-refractivity contribution in [3.8, 4) is 0 Å². The minimum atomic E-state index is -0.192. The highest BCUT2D eigenvalue weighted by molar-refractivity contribution is 9.10. The Morgan fingerprint density at radius 2 is 2.14 bits per heavy atom. The molecule has 0 saturated carbocycles. The van der Waals surface area contributed by atoms with Gasteiger partial charge in [-0.1, -0.05) is 6.92 Å². The number of rotatable bonds is 3. The molecule has 5 nitrogen and oxygen atoms in total. The van der Waals surface area contributed by atoms with E-state index in [0.717, 1.165) is 27.9 Å². The molecule has 0 bridgehead atoms. The standard InChI is InChI=1S/C16H15BrN4O/c1-3-13-10(2)21-9-11(4-7-15(21)19-13)16(22)20-14-6-5-12(17)8-18-14/h4-9H,3H2,1-2H3,(H,18,20,22). The first-order chi connectivity index (χ1) is 10.6. The summed E-state index contributed by atoms with van der Waals surface area (Å²) in [5.41, 5.74) is 3.54. The van der Waals surface area contributed by atoms with Gasteiger partial charge in [0.2, 0.25) is 0 Å². The average Bonchev–Trinajstić information content (AvgIpc) is 2.85. The lowest BCUT2D eigenvalue weighted by Crippen LogP contribution is -2.13. The topological polar surface area (TPSA) is 59.3 Å². The molecular formula is C16H15BrN4O. The van der Waals surface area contributed by atoms with Gasteiger partial charge < -0.3 is 9.72 Å². The van der Waals surface area contributed by atoms with Crippen LogP contribution in [0.2, 0.25) is 0 Å². The lowest BCUT2D eigenvalue weighted by atomic mass is 10.2. The Balaban J connectivity index is 1.90. The zero-order valence-corrected chi connectivity index (χ0v) is 13.9. The molecule has 0 spiro atoms. The number of amides is 1. The van der Waals surface area contributed by atoms with Gasteiger partial charge in [0, 0.05) is 22.6 Å². The number of imidazole rings is 1. The smallest absolute Gasteiger partial charge is 0.258 e. The van der Waals surface area contributed by atoms with E-state index in [9.17, 15) is 4.79 Å². The molecule has 3 heterocycles. The van der Waals surface area contributed by atoms with E-state index < -0.39 is 0 Å². The molecule has 22 heavy (non-hydrogen) atoms. The molecule has 112 valence electrons. The van der Waals surface area contributed by atoms with Crippen molar-refractivity contribution in [2.24, 2.45) is 0 Å². The third kappa shape index (κ3) is 2.74. The van der Waals surface area contributed by atoms with Crippen molar-refractivity contribution < 1.29 is 4.79 Å². The number of hydrogen-bond donors (Lipinski definition) is 1. The van der Waals surface area contributed by atoms with Gasteiger partial charge in [-0.15, -0.1) is 0 Å². The zero-order valence-electron chi connectivity index (χ0n) is 12.3. The summed E-state index contributed by atoms with van der Waals surface area (Å²) >= 11 is 3.32. The highest BCUT2D eigenvalue weighted by Gasteiger charge is 2.11. The molecule has 0 unspecified atom stereocenters. The zero-order chi connectivity index (χ0) is 15.7. The number of nitrogens with zero attached hydrogens (tertiary/aromatic N) is 3. The molecule has 0 aromatic carbocycles. The van der Waals surface area contributed by atoms with Crippen molar-refractivity contribution in [1.82, 2.24) is 14.4 Å². The third-order valence-electron chi connectivity index (χ3n) is 3.52. The number of fused-ring (bicyclic) bond motifs is 1. The molecule has 0 atom stereocenters. The lowest BCUT2D eigenvalue weighted by Gasteiger charge is -2.05. The fourth-order valence-electron chi connectivity index (χ4n) is 2.32. The molecule has 0 fully saturated rings. The summed E-state index contributed by atoms with van der Waals surface area (Å²) in [6, 6.07) is 7.21. The summed E-state index contributed by atoms with van der Waals surface area (Å²) in [6.45, 7) is 4.08. The van der Waals surface area contributed by atoms with Crippen molar-refractivity contribution in [1.29, 1.82) is 0 Å². The van der Waals surface area contributed by atoms with Crippen LogP contribution in [-0.4, -0.2) is 20.3 Å². The van der Waals surface area contributed by atoms with Gasteiger partial charge in [0.05, 0.1) is 11.3 Å². The molecule has 1 N–H and O–H groups in total. The van der Waals surface area contributed by atoms with Gasteiger partial charge in [-0.25, -0.2) is 9.97 Å². The first-order valence-corrected chi connectivity index (χ1v) is 7.78. The van der Waals surface area contributed by atoms with Gasteiger partial charge in [0.15, 0.2) is 0 Å². The number of nitrogens with one attached hydrogen (secondary N) is 1. The van der Waals surface area contributed by atoms with Crippen LogP contribution in [0.25, 0.3) is 5.65 Å². The molecule has 3 rings (SSSR count). The van der Waals surface area contributed by atoms with E-state index in [-0.39, 0.29) is 5.91 Å². The van der Waals surface area contributed by atoms with Crippen LogP contribution in [0.15, 0.2) is 41.1 Å². The minimum absolute atomic E-state index is 0.192. The molecular weight excluding hydrogens is 344 g/mol. The maximum Gasteiger partial charge on any atom is 0.258 e. The van der Waals surface area contributed by atoms with E-state index in [0.29, 0.717) is 11.4 Å². The second kappa shape index (κ2) is 5.88. The number of carbonyl (C=O) groups is 1. The number of aryl methyl sites for hydroxylation is 2. The number of hydrogen-bond acceptors (Lipinski definition) is 3. The van der Waals surface area contributed by atoms with E-state index in [4.69, 9.17) is 0 Å². The van der Waals surface area contributed by atoms with Crippen molar-refractivity contribution in [2.75, 3.05) is 5.32 Å². The van der Waals surface area contributed by atoms with E-state index in [2.05, 4.69) is 38.1 Å². The van der Waals surface area contributed by atoms with Gasteiger partial charge in [-0.05, 0) is 53.5 Å². The fraction of sp³-hybridized carbons (Fsp3) is 0.188. The second-order valence-electron chi connectivity index (χ2n) is 4.96. The molecule has 0 saturated heterocycles.